The van der Waals surface area contributed by atoms with Crippen LogP contribution in [0, 0.1) is 0 Å². The minimum atomic E-state index is -0.925. The number of hydrogen-bond donors (Lipinski definition) is 2. The van der Waals surface area contributed by atoms with E-state index in [1.54, 1.807) is 0 Å². The molecule has 1 aromatic rings. The summed E-state index contributed by atoms with van der Waals surface area (Å²) in [6, 6.07) is 7.52. The summed E-state index contributed by atoms with van der Waals surface area (Å²) in [6.45, 7) is 2.37. The van der Waals surface area contributed by atoms with Gasteiger partial charge in [-0.15, -0.1) is 0 Å². The standard InChI is InChI=1S/C13H16BrNO3/c1-9-8-13(12(16)17,6-7-18-9)15-11-4-2-10(14)3-5-11/h2-5,9,15H,6-8H2,1H3,(H,16,17). The molecule has 1 heterocycles. The molecule has 1 saturated heterocycles. The van der Waals surface area contributed by atoms with Gasteiger partial charge in [0.1, 0.15) is 5.54 Å². The number of aliphatic carboxylic acids is 1. The molecule has 2 N–H and O–H groups in total. The summed E-state index contributed by atoms with van der Waals surface area (Å²) >= 11 is 3.36. The van der Waals surface area contributed by atoms with Gasteiger partial charge in [-0.3, -0.25) is 0 Å². The zero-order valence-corrected chi connectivity index (χ0v) is 11.7. The highest BCUT2D eigenvalue weighted by Crippen LogP contribution is 2.30. The Balaban J connectivity index is 2.20. The minimum Gasteiger partial charge on any atom is -0.480 e. The number of ether oxygens (including phenoxy) is 1. The van der Waals surface area contributed by atoms with Crippen LogP contribution in [-0.2, 0) is 9.53 Å². The first-order valence-electron chi connectivity index (χ1n) is 5.91. The van der Waals surface area contributed by atoms with E-state index in [0.29, 0.717) is 19.4 Å². The molecule has 1 aromatic carbocycles. The quantitative estimate of drug-likeness (QED) is 0.901. The van der Waals surface area contributed by atoms with Crippen molar-refractivity contribution in [2.45, 2.75) is 31.4 Å². The van der Waals surface area contributed by atoms with Crippen molar-refractivity contribution < 1.29 is 14.6 Å². The molecule has 1 aliphatic heterocycles. The average molecular weight is 314 g/mol. The highest BCUT2D eigenvalue weighted by Gasteiger charge is 2.42. The van der Waals surface area contributed by atoms with Crippen molar-refractivity contribution >= 4 is 27.6 Å². The third kappa shape index (κ3) is 2.84. The summed E-state index contributed by atoms with van der Waals surface area (Å²) < 4.78 is 6.40. The van der Waals surface area contributed by atoms with Crippen LogP contribution in [0.3, 0.4) is 0 Å². The van der Waals surface area contributed by atoms with Gasteiger partial charge in [-0.2, -0.15) is 0 Å². The number of benzene rings is 1. The van der Waals surface area contributed by atoms with Crippen LogP contribution in [0.5, 0.6) is 0 Å². The summed E-state index contributed by atoms with van der Waals surface area (Å²) in [5.41, 5.74) is -0.111. The maximum atomic E-state index is 11.6. The summed E-state index contributed by atoms with van der Waals surface area (Å²) in [4.78, 5) is 11.6. The topological polar surface area (TPSA) is 58.6 Å². The van der Waals surface area contributed by atoms with Gasteiger partial charge in [0.05, 0.1) is 6.10 Å². The van der Waals surface area contributed by atoms with Crippen LogP contribution in [0.15, 0.2) is 28.7 Å². The van der Waals surface area contributed by atoms with E-state index in [2.05, 4.69) is 21.2 Å². The molecule has 0 radical (unpaired) electrons. The fourth-order valence-corrected chi connectivity index (χ4v) is 2.52. The van der Waals surface area contributed by atoms with E-state index in [4.69, 9.17) is 4.74 Å². The first kappa shape index (κ1) is 13.4. The van der Waals surface area contributed by atoms with Crippen LogP contribution < -0.4 is 5.32 Å². The van der Waals surface area contributed by atoms with Crippen molar-refractivity contribution in [2.24, 2.45) is 0 Å². The lowest BCUT2D eigenvalue weighted by atomic mass is 9.86. The van der Waals surface area contributed by atoms with E-state index in [9.17, 15) is 9.90 Å². The molecule has 4 nitrogen and oxygen atoms in total. The van der Waals surface area contributed by atoms with E-state index in [0.717, 1.165) is 10.2 Å². The molecule has 0 spiro atoms. The molecule has 2 atom stereocenters. The molecule has 0 aliphatic carbocycles. The maximum absolute atomic E-state index is 11.6. The second-order valence-electron chi connectivity index (χ2n) is 4.65. The van der Waals surface area contributed by atoms with Gasteiger partial charge in [0.15, 0.2) is 0 Å². The summed E-state index contributed by atoms with van der Waals surface area (Å²) in [5.74, 6) is -0.819. The maximum Gasteiger partial charge on any atom is 0.329 e. The van der Waals surface area contributed by atoms with E-state index >= 15 is 0 Å². The van der Waals surface area contributed by atoms with Crippen molar-refractivity contribution in [3.8, 4) is 0 Å². The fraction of sp³-hybridized carbons (Fsp3) is 0.462. The summed E-state index contributed by atoms with van der Waals surface area (Å²) in [6.07, 6.45) is 0.902. The molecule has 18 heavy (non-hydrogen) atoms. The molecule has 0 amide bonds. The first-order chi connectivity index (χ1) is 8.52. The number of rotatable bonds is 3. The Morgan fingerprint density at radius 3 is 2.72 bits per heavy atom. The highest BCUT2D eigenvalue weighted by molar-refractivity contribution is 9.10. The lowest BCUT2D eigenvalue weighted by molar-refractivity contribution is -0.147. The number of carboxylic acid groups (broad SMARTS) is 1. The van der Waals surface area contributed by atoms with Crippen LogP contribution in [0.2, 0.25) is 0 Å². The van der Waals surface area contributed by atoms with E-state index in [-0.39, 0.29) is 6.10 Å². The minimum absolute atomic E-state index is 0.0437. The number of carbonyl (C=O) groups is 1. The van der Waals surface area contributed by atoms with Gasteiger partial charge in [-0.25, -0.2) is 4.79 Å². The number of carboxylic acids is 1. The van der Waals surface area contributed by atoms with Gasteiger partial charge in [-0.05, 0) is 31.2 Å². The smallest absolute Gasteiger partial charge is 0.329 e. The number of anilines is 1. The van der Waals surface area contributed by atoms with Crippen molar-refractivity contribution in [1.29, 1.82) is 0 Å². The molecule has 1 aliphatic rings. The van der Waals surface area contributed by atoms with Crippen molar-refractivity contribution in [2.75, 3.05) is 11.9 Å². The van der Waals surface area contributed by atoms with Crippen LogP contribution in [-0.4, -0.2) is 29.3 Å². The molecular formula is C13H16BrNO3. The van der Waals surface area contributed by atoms with Crippen LogP contribution >= 0.6 is 15.9 Å². The van der Waals surface area contributed by atoms with Crippen molar-refractivity contribution in [3.05, 3.63) is 28.7 Å². The van der Waals surface area contributed by atoms with Gasteiger partial charge < -0.3 is 15.2 Å². The Morgan fingerprint density at radius 2 is 2.17 bits per heavy atom. The molecule has 98 valence electrons. The Bertz CT molecular complexity index is 434. The highest BCUT2D eigenvalue weighted by atomic mass is 79.9. The molecule has 0 saturated carbocycles. The van der Waals surface area contributed by atoms with Gasteiger partial charge in [0.25, 0.3) is 0 Å². The van der Waals surface area contributed by atoms with Gasteiger partial charge in [0, 0.05) is 29.6 Å². The zero-order chi connectivity index (χ0) is 13.2. The largest absolute Gasteiger partial charge is 0.480 e. The average Bonchev–Trinajstić information content (AvgIpc) is 2.32. The second-order valence-corrected chi connectivity index (χ2v) is 5.57. The van der Waals surface area contributed by atoms with Crippen LogP contribution in [0.1, 0.15) is 19.8 Å². The third-order valence-corrected chi connectivity index (χ3v) is 3.73. The third-order valence-electron chi connectivity index (χ3n) is 3.20. The fourth-order valence-electron chi connectivity index (χ4n) is 2.26. The second kappa shape index (κ2) is 5.28. The van der Waals surface area contributed by atoms with E-state index < -0.39 is 11.5 Å². The molecule has 2 rings (SSSR count). The number of nitrogens with one attached hydrogen (secondary N) is 1. The predicted molar refractivity (Wildman–Crippen MR) is 72.8 cm³/mol. The molecule has 0 aromatic heterocycles. The monoisotopic (exact) mass is 313 g/mol. The van der Waals surface area contributed by atoms with Gasteiger partial charge in [-0.1, -0.05) is 15.9 Å². The van der Waals surface area contributed by atoms with Crippen molar-refractivity contribution in [1.82, 2.24) is 0 Å². The Hall–Kier alpha value is -1.07. The van der Waals surface area contributed by atoms with E-state index in [1.807, 2.05) is 31.2 Å². The SMILES string of the molecule is CC1CC(Nc2ccc(Br)cc2)(C(=O)O)CCO1. The molecule has 5 heteroatoms. The molecule has 1 fully saturated rings. The normalized spacial score (nSPS) is 27.8. The lowest BCUT2D eigenvalue weighted by Gasteiger charge is -2.37. The van der Waals surface area contributed by atoms with Gasteiger partial charge in [0.2, 0.25) is 0 Å². The molecule has 0 bridgehead atoms. The lowest BCUT2D eigenvalue weighted by Crippen LogP contribution is -2.52. The van der Waals surface area contributed by atoms with Gasteiger partial charge >= 0.3 is 5.97 Å². The summed E-state index contributed by atoms with van der Waals surface area (Å²) in [7, 11) is 0. The van der Waals surface area contributed by atoms with Crippen LogP contribution in [0.4, 0.5) is 5.69 Å². The molecular weight excluding hydrogens is 298 g/mol. The van der Waals surface area contributed by atoms with E-state index in [1.165, 1.54) is 0 Å². The Labute approximate surface area is 114 Å². The Morgan fingerprint density at radius 1 is 1.50 bits per heavy atom. The summed E-state index contributed by atoms with van der Waals surface area (Å²) in [5, 5.41) is 12.6. The van der Waals surface area contributed by atoms with Crippen molar-refractivity contribution in [3.63, 3.8) is 0 Å². The van der Waals surface area contributed by atoms with Crippen LogP contribution in [0.25, 0.3) is 0 Å². The first-order valence-corrected chi connectivity index (χ1v) is 6.70. The zero-order valence-electron chi connectivity index (χ0n) is 10.1. The Kier molecular flexibility index (Phi) is 3.92. The molecule has 2 unspecified atom stereocenters. The number of halogens is 1. The predicted octanol–water partition coefficient (Wildman–Crippen LogP) is 2.88. The number of hydrogen-bond acceptors (Lipinski definition) is 3.